The summed E-state index contributed by atoms with van der Waals surface area (Å²) in [4.78, 5) is 4.46. The molecule has 1 saturated heterocycles. The van der Waals surface area contributed by atoms with Crippen LogP contribution in [-0.2, 0) is 10.0 Å². The zero-order chi connectivity index (χ0) is 16.4. The van der Waals surface area contributed by atoms with Gasteiger partial charge in [-0.1, -0.05) is 6.07 Å². The number of fused-ring (bicyclic) bond motifs is 1. The van der Waals surface area contributed by atoms with Crippen LogP contribution in [0.3, 0.4) is 0 Å². The van der Waals surface area contributed by atoms with E-state index in [0.717, 1.165) is 13.0 Å². The Balaban J connectivity index is 0.00000208. The van der Waals surface area contributed by atoms with Gasteiger partial charge in [-0.05, 0) is 38.1 Å². The lowest BCUT2D eigenvalue weighted by Gasteiger charge is -2.26. The Morgan fingerprint density at radius 1 is 1.29 bits per heavy atom. The summed E-state index contributed by atoms with van der Waals surface area (Å²) in [6, 6.07) is 6.86. The number of hydrogen-bond acceptors (Lipinski definition) is 5. The second kappa shape index (κ2) is 7.65. The number of halogens is 1. The number of nitrogens with zero attached hydrogens (tertiary/aromatic N) is 2. The number of hydrogen-bond donors (Lipinski definition) is 1. The number of sulfonamides is 1. The van der Waals surface area contributed by atoms with Gasteiger partial charge < -0.3 is 10.1 Å². The number of rotatable bonds is 3. The molecule has 3 rings (SSSR count). The van der Waals surface area contributed by atoms with E-state index in [1.54, 1.807) is 28.7 Å². The number of nitrogens with one attached hydrogen (secondary N) is 1. The maximum atomic E-state index is 13.2. The first-order valence-electron chi connectivity index (χ1n) is 7.70. The van der Waals surface area contributed by atoms with Crippen LogP contribution < -0.4 is 10.1 Å². The van der Waals surface area contributed by atoms with Crippen molar-refractivity contribution in [2.45, 2.75) is 24.3 Å². The third-order valence-corrected chi connectivity index (χ3v) is 6.24. The standard InChI is InChI=1S/C16H21N3O3S.ClH/c1-12-11-17-8-4-10-19(12)23(20,21)15-6-3-5-14-13(15)7-9-18-16(14)22-2;/h3,5-7,9,12,17H,4,8,10-11H2,1-2H3;1H. The van der Waals surface area contributed by atoms with Gasteiger partial charge in [-0.2, -0.15) is 4.31 Å². The minimum atomic E-state index is -3.58. The van der Waals surface area contributed by atoms with E-state index >= 15 is 0 Å². The van der Waals surface area contributed by atoms with Crippen molar-refractivity contribution in [1.82, 2.24) is 14.6 Å². The highest BCUT2D eigenvalue weighted by Crippen LogP contribution is 2.30. The Hall–Kier alpha value is -1.41. The molecule has 0 aliphatic carbocycles. The van der Waals surface area contributed by atoms with Crippen molar-refractivity contribution in [2.75, 3.05) is 26.7 Å². The molecule has 1 atom stereocenters. The van der Waals surface area contributed by atoms with Crippen LogP contribution in [-0.4, -0.2) is 50.5 Å². The molecule has 132 valence electrons. The maximum absolute atomic E-state index is 13.2. The lowest BCUT2D eigenvalue weighted by molar-refractivity contribution is 0.354. The van der Waals surface area contributed by atoms with Gasteiger partial charge in [-0.3, -0.25) is 0 Å². The van der Waals surface area contributed by atoms with E-state index in [4.69, 9.17) is 4.74 Å². The van der Waals surface area contributed by atoms with E-state index in [-0.39, 0.29) is 18.4 Å². The van der Waals surface area contributed by atoms with Crippen molar-refractivity contribution in [3.05, 3.63) is 30.5 Å². The van der Waals surface area contributed by atoms with Gasteiger partial charge in [0.1, 0.15) is 0 Å². The minimum absolute atomic E-state index is 0. The topological polar surface area (TPSA) is 71.5 Å². The number of aromatic nitrogens is 1. The molecule has 24 heavy (non-hydrogen) atoms. The lowest BCUT2D eigenvalue weighted by Crippen LogP contribution is -2.41. The van der Waals surface area contributed by atoms with Crippen LogP contribution in [0, 0.1) is 0 Å². The fourth-order valence-electron chi connectivity index (χ4n) is 3.02. The summed E-state index contributed by atoms with van der Waals surface area (Å²) in [5, 5.41) is 4.62. The molecule has 1 N–H and O–H groups in total. The molecule has 1 aliphatic heterocycles. The minimum Gasteiger partial charge on any atom is -0.481 e. The van der Waals surface area contributed by atoms with Crippen LogP contribution in [0.25, 0.3) is 10.8 Å². The van der Waals surface area contributed by atoms with E-state index in [1.807, 2.05) is 13.0 Å². The molecule has 0 amide bonds. The number of methoxy groups -OCH3 is 1. The fraction of sp³-hybridized carbons (Fsp3) is 0.438. The molecule has 1 aliphatic rings. The van der Waals surface area contributed by atoms with Gasteiger partial charge in [-0.25, -0.2) is 13.4 Å². The van der Waals surface area contributed by atoms with Crippen molar-refractivity contribution in [3.63, 3.8) is 0 Å². The lowest BCUT2D eigenvalue weighted by atomic mass is 10.2. The molecule has 8 heteroatoms. The van der Waals surface area contributed by atoms with E-state index in [0.29, 0.717) is 34.6 Å². The van der Waals surface area contributed by atoms with Gasteiger partial charge in [0, 0.05) is 36.1 Å². The quantitative estimate of drug-likeness (QED) is 0.893. The van der Waals surface area contributed by atoms with Crippen molar-refractivity contribution < 1.29 is 13.2 Å². The smallest absolute Gasteiger partial charge is 0.243 e. The van der Waals surface area contributed by atoms with Crippen LogP contribution in [0.2, 0.25) is 0 Å². The molecule has 0 saturated carbocycles. The Morgan fingerprint density at radius 2 is 2.08 bits per heavy atom. The molecule has 1 aromatic carbocycles. The summed E-state index contributed by atoms with van der Waals surface area (Å²) in [7, 11) is -2.04. The molecule has 0 radical (unpaired) electrons. The van der Waals surface area contributed by atoms with Crippen molar-refractivity contribution in [2.24, 2.45) is 0 Å². The van der Waals surface area contributed by atoms with Gasteiger partial charge in [-0.15, -0.1) is 12.4 Å². The molecule has 6 nitrogen and oxygen atoms in total. The normalized spacial score (nSPS) is 19.5. The van der Waals surface area contributed by atoms with E-state index in [9.17, 15) is 8.42 Å². The Kier molecular flexibility index (Phi) is 6.03. The Labute approximate surface area is 148 Å². The van der Waals surface area contributed by atoms with E-state index in [2.05, 4.69) is 10.3 Å². The first-order valence-corrected chi connectivity index (χ1v) is 9.14. The summed E-state index contributed by atoms with van der Waals surface area (Å²) in [5.41, 5.74) is 0. The number of pyridine rings is 1. The van der Waals surface area contributed by atoms with Crippen molar-refractivity contribution >= 4 is 33.2 Å². The Morgan fingerprint density at radius 3 is 2.83 bits per heavy atom. The van der Waals surface area contributed by atoms with Crippen LogP contribution in [0.15, 0.2) is 35.4 Å². The molecule has 0 spiro atoms. The molecule has 1 unspecified atom stereocenters. The van der Waals surface area contributed by atoms with Crippen LogP contribution in [0.1, 0.15) is 13.3 Å². The molecule has 2 aromatic rings. The zero-order valence-electron chi connectivity index (χ0n) is 13.7. The SMILES string of the molecule is COc1nccc2c(S(=O)(=O)N3CCCNCC3C)cccc12.Cl. The second-order valence-electron chi connectivity index (χ2n) is 5.69. The fourth-order valence-corrected chi connectivity index (χ4v) is 4.89. The first-order chi connectivity index (χ1) is 11.1. The van der Waals surface area contributed by atoms with Gasteiger partial charge in [0.05, 0.1) is 12.0 Å². The highest BCUT2D eigenvalue weighted by atomic mass is 35.5. The molecule has 1 fully saturated rings. The highest BCUT2D eigenvalue weighted by Gasteiger charge is 2.31. The molecular weight excluding hydrogens is 350 g/mol. The predicted molar refractivity (Wildman–Crippen MR) is 96.4 cm³/mol. The summed E-state index contributed by atoms with van der Waals surface area (Å²) in [6.45, 7) is 3.96. The average molecular weight is 372 g/mol. The summed E-state index contributed by atoms with van der Waals surface area (Å²) < 4.78 is 33.2. The van der Waals surface area contributed by atoms with Crippen LogP contribution >= 0.6 is 12.4 Å². The average Bonchev–Trinajstić information content (AvgIpc) is 2.78. The van der Waals surface area contributed by atoms with Gasteiger partial charge in [0.2, 0.25) is 15.9 Å². The molecule has 2 heterocycles. The van der Waals surface area contributed by atoms with Gasteiger partial charge in [0.25, 0.3) is 0 Å². The largest absolute Gasteiger partial charge is 0.481 e. The van der Waals surface area contributed by atoms with Crippen LogP contribution in [0.5, 0.6) is 5.88 Å². The summed E-state index contributed by atoms with van der Waals surface area (Å²) in [5.74, 6) is 0.435. The zero-order valence-corrected chi connectivity index (χ0v) is 15.4. The van der Waals surface area contributed by atoms with Crippen molar-refractivity contribution in [3.8, 4) is 5.88 Å². The maximum Gasteiger partial charge on any atom is 0.243 e. The number of ether oxygens (including phenoxy) is 1. The summed E-state index contributed by atoms with van der Waals surface area (Å²) >= 11 is 0. The monoisotopic (exact) mass is 371 g/mol. The predicted octanol–water partition coefficient (Wildman–Crippen LogP) is 2.04. The van der Waals surface area contributed by atoms with E-state index < -0.39 is 10.0 Å². The van der Waals surface area contributed by atoms with Gasteiger partial charge in [0.15, 0.2) is 0 Å². The van der Waals surface area contributed by atoms with Crippen LogP contribution in [0.4, 0.5) is 0 Å². The summed E-state index contributed by atoms with van der Waals surface area (Å²) in [6.07, 6.45) is 2.38. The third-order valence-electron chi connectivity index (χ3n) is 4.17. The highest BCUT2D eigenvalue weighted by molar-refractivity contribution is 7.89. The van der Waals surface area contributed by atoms with Crippen molar-refractivity contribution in [1.29, 1.82) is 0 Å². The first kappa shape index (κ1) is 18.9. The molecule has 0 bridgehead atoms. The number of benzene rings is 1. The second-order valence-corrected chi connectivity index (χ2v) is 7.55. The van der Waals surface area contributed by atoms with E-state index in [1.165, 1.54) is 7.11 Å². The van der Waals surface area contributed by atoms with Gasteiger partial charge >= 0.3 is 0 Å². The molecular formula is C16H22ClN3O3S. The third kappa shape index (κ3) is 3.35. The Bertz CT molecular complexity index is 813. The molecule has 1 aromatic heterocycles.